The maximum absolute atomic E-state index is 11.3. The van der Waals surface area contributed by atoms with E-state index in [4.69, 9.17) is 9.68 Å². The molecule has 240 valence electrons. The van der Waals surface area contributed by atoms with Crippen molar-refractivity contribution in [2.24, 2.45) is 0 Å². The molecule has 0 saturated carbocycles. The van der Waals surface area contributed by atoms with E-state index >= 15 is 0 Å². The molecule has 7 rings (SSSR count). The van der Waals surface area contributed by atoms with E-state index in [1.165, 1.54) is 6.08 Å². The number of para-hydroxylation sites is 3. The summed E-state index contributed by atoms with van der Waals surface area (Å²) in [7, 11) is 0. The zero-order valence-corrected chi connectivity index (χ0v) is 26.7. The molecule has 0 saturated heterocycles. The highest BCUT2D eigenvalue weighted by Crippen LogP contribution is 2.37. The maximum Gasteiger partial charge on any atom is 0.346 e. The van der Waals surface area contributed by atoms with Gasteiger partial charge in [0.25, 0.3) is 0 Å². The van der Waals surface area contributed by atoms with Gasteiger partial charge in [0.1, 0.15) is 11.6 Å². The predicted molar refractivity (Wildman–Crippen MR) is 196 cm³/mol. The van der Waals surface area contributed by atoms with E-state index in [2.05, 4.69) is 44.3 Å². The molecule has 6 aromatic carbocycles. The van der Waals surface area contributed by atoms with Crippen LogP contribution in [0.15, 0.2) is 174 Å². The Balaban J connectivity index is 1.13. The fraction of sp³-hybridized carbons (Fsp3) is 0. The molecule has 0 fully saturated rings. The Labute approximate surface area is 289 Å². The number of nitriles is 1. The standard InChI is InChI=1S/C42H29N5O3/c43-29-33(42(48)49)28-30-16-22-37(23-17-30)47(36-14-8-3-9-15-36)39-26-20-32(21-27-39)41-45-44-40(50-41)31-18-24-38(25-19-31)46(34-10-4-1-5-11-34)35-12-6-2-7-13-35/h1-28H,(H,48,49). The molecule has 0 aliphatic carbocycles. The van der Waals surface area contributed by atoms with Crippen molar-refractivity contribution in [1.82, 2.24) is 10.2 Å². The minimum Gasteiger partial charge on any atom is -0.477 e. The van der Waals surface area contributed by atoms with E-state index in [9.17, 15) is 9.90 Å². The van der Waals surface area contributed by atoms with Crippen molar-refractivity contribution in [1.29, 1.82) is 5.26 Å². The average molecular weight is 652 g/mol. The van der Waals surface area contributed by atoms with Gasteiger partial charge in [-0.15, -0.1) is 10.2 Å². The average Bonchev–Trinajstić information content (AvgIpc) is 3.67. The normalized spacial score (nSPS) is 11.1. The van der Waals surface area contributed by atoms with Gasteiger partial charge in [-0.3, -0.25) is 0 Å². The summed E-state index contributed by atoms with van der Waals surface area (Å²) < 4.78 is 6.15. The summed E-state index contributed by atoms with van der Waals surface area (Å²) in [5.74, 6) is -0.438. The summed E-state index contributed by atoms with van der Waals surface area (Å²) in [6, 6.07) is 55.3. The largest absolute Gasteiger partial charge is 0.477 e. The zero-order chi connectivity index (χ0) is 34.3. The number of carbonyl (C=O) groups is 1. The monoisotopic (exact) mass is 651 g/mol. The van der Waals surface area contributed by atoms with Crippen LogP contribution in [-0.2, 0) is 4.79 Å². The summed E-state index contributed by atoms with van der Waals surface area (Å²) in [6.45, 7) is 0. The maximum atomic E-state index is 11.3. The van der Waals surface area contributed by atoms with Crippen molar-refractivity contribution in [2.45, 2.75) is 0 Å². The number of carboxylic acid groups (broad SMARTS) is 1. The first kappa shape index (κ1) is 31.4. The first-order valence-electron chi connectivity index (χ1n) is 15.8. The molecule has 0 bridgehead atoms. The van der Waals surface area contributed by atoms with Crippen molar-refractivity contribution in [2.75, 3.05) is 9.80 Å². The third-order valence-corrected chi connectivity index (χ3v) is 8.03. The Kier molecular flexibility index (Phi) is 8.94. The molecule has 0 aliphatic heterocycles. The summed E-state index contributed by atoms with van der Waals surface area (Å²) >= 11 is 0. The molecule has 50 heavy (non-hydrogen) atoms. The summed E-state index contributed by atoms with van der Waals surface area (Å²) in [5, 5.41) is 27.1. The first-order valence-corrected chi connectivity index (χ1v) is 15.8. The summed E-state index contributed by atoms with van der Waals surface area (Å²) in [4.78, 5) is 15.6. The van der Waals surface area contributed by atoms with Crippen LogP contribution in [0.5, 0.6) is 0 Å². The van der Waals surface area contributed by atoms with Crippen molar-refractivity contribution >= 4 is 46.2 Å². The minimum atomic E-state index is -1.26. The van der Waals surface area contributed by atoms with Gasteiger partial charge < -0.3 is 19.3 Å². The van der Waals surface area contributed by atoms with Gasteiger partial charge in [-0.25, -0.2) is 4.79 Å². The van der Waals surface area contributed by atoms with Crippen LogP contribution in [0.2, 0.25) is 0 Å². The molecule has 0 atom stereocenters. The van der Waals surface area contributed by atoms with Crippen LogP contribution in [0.3, 0.4) is 0 Å². The number of aromatic nitrogens is 2. The molecule has 1 aromatic heterocycles. The Hall–Kier alpha value is -7.24. The lowest BCUT2D eigenvalue weighted by molar-refractivity contribution is -0.132. The highest BCUT2D eigenvalue weighted by molar-refractivity contribution is 5.96. The SMILES string of the molecule is N#CC(=Cc1ccc(N(c2ccccc2)c2ccc(-c3nnc(-c4ccc(N(c5ccccc5)c5ccccc5)cc4)o3)cc2)cc1)C(=O)O. The van der Waals surface area contributed by atoms with E-state index in [1.54, 1.807) is 18.2 Å². The Morgan fingerprint density at radius 2 is 0.880 bits per heavy atom. The molecular weight excluding hydrogens is 622 g/mol. The highest BCUT2D eigenvalue weighted by Gasteiger charge is 2.17. The smallest absolute Gasteiger partial charge is 0.346 e. The van der Waals surface area contributed by atoms with Crippen molar-refractivity contribution in [3.63, 3.8) is 0 Å². The third kappa shape index (κ3) is 6.74. The molecule has 8 nitrogen and oxygen atoms in total. The van der Waals surface area contributed by atoms with E-state index in [-0.39, 0.29) is 5.57 Å². The second kappa shape index (κ2) is 14.3. The Morgan fingerprint density at radius 3 is 1.22 bits per heavy atom. The van der Waals surface area contributed by atoms with Gasteiger partial charge in [-0.2, -0.15) is 5.26 Å². The number of hydrogen-bond acceptors (Lipinski definition) is 7. The van der Waals surface area contributed by atoms with Gasteiger partial charge in [-0.05, 0) is 109 Å². The second-order valence-electron chi connectivity index (χ2n) is 11.3. The van der Waals surface area contributed by atoms with Crippen molar-refractivity contribution < 1.29 is 14.3 Å². The lowest BCUT2D eigenvalue weighted by atomic mass is 10.1. The van der Waals surface area contributed by atoms with Crippen molar-refractivity contribution in [3.05, 3.63) is 175 Å². The fourth-order valence-corrected chi connectivity index (χ4v) is 5.62. The topological polar surface area (TPSA) is 106 Å². The molecular formula is C42H29N5O3. The molecule has 8 heteroatoms. The number of carboxylic acids is 1. The zero-order valence-electron chi connectivity index (χ0n) is 26.7. The predicted octanol–water partition coefficient (Wildman–Crippen LogP) is 10.3. The highest BCUT2D eigenvalue weighted by atomic mass is 16.4. The van der Waals surface area contributed by atoms with Crippen molar-refractivity contribution in [3.8, 4) is 29.0 Å². The molecule has 0 radical (unpaired) electrons. The van der Waals surface area contributed by atoms with Gasteiger partial charge in [0, 0.05) is 45.3 Å². The summed E-state index contributed by atoms with van der Waals surface area (Å²) in [6.07, 6.45) is 1.35. The molecule has 1 heterocycles. The minimum absolute atomic E-state index is 0.327. The third-order valence-electron chi connectivity index (χ3n) is 8.03. The van der Waals surface area contributed by atoms with E-state index < -0.39 is 5.97 Å². The number of hydrogen-bond donors (Lipinski definition) is 1. The van der Waals surface area contributed by atoms with E-state index in [1.807, 2.05) is 127 Å². The van der Waals surface area contributed by atoms with Crippen LogP contribution >= 0.6 is 0 Å². The fourth-order valence-electron chi connectivity index (χ4n) is 5.62. The lowest BCUT2D eigenvalue weighted by Crippen LogP contribution is -2.09. The molecule has 0 spiro atoms. The van der Waals surface area contributed by atoms with Crippen LogP contribution in [0.1, 0.15) is 5.56 Å². The number of aliphatic carboxylic acids is 1. The van der Waals surface area contributed by atoms with Crippen LogP contribution in [-0.4, -0.2) is 21.3 Å². The molecule has 0 aliphatic rings. The molecule has 1 N–H and O–H groups in total. The molecule has 7 aromatic rings. The summed E-state index contributed by atoms with van der Waals surface area (Å²) in [5.41, 5.74) is 7.67. The second-order valence-corrected chi connectivity index (χ2v) is 11.3. The van der Waals surface area contributed by atoms with Gasteiger partial charge in [0.15, 0.2) is 0 Å². The molecule has 0 unspecified atom stereocenters. The lowest BCUT2D eigenvalue weighted by Gasteiger charge is -2.25. The van der Waals surface area contributed by atoms with Gasteiger partial charge >= 0.3 is 5.97 Å². The number of benzene rings is 6. The number of nitrogens with zero attached hydrogens (tertiary/aromatic N) is 5. The van der Waals surface area contributed by atoms with Crippen LogP contribution < -0.4 is 9.80 Å². The quantitative estimate of drug-likeness (QED) is 0.115. The number of anilines is 6. The molecule has 0 amide bonds. The van der Waals surface area contributed by atoms with Crippen LogP contribution in [0.4, 0.5) is 34.1 Å². The van der Waals surface area contributed by atoms with Gasteiger partial charge in [0.05, 0.1) is 0 Å². The Bertz CT molecular complexity index is 2240. The first-order chi connectivity index (χ1) is 24.6. The van der Waals surface area contributed by atoms with Gasteiger partial charge in [0.2, 0.25) is 11.8 Å². The number of rotatable bonds is 10. The Morgan fingerprint density at radius 1 is 0.540 bits per heavy atom. The van der Waals surface area contributed by atoms with E-state index in [0.717, 1.165) is 45.3 Å². The van der Waals surface area contributed by atoms with Gasteiger partial charge in [-0.1, -0.05) is 66.7 Å². The van der Waals surface area contributed by atoms with E-state index in [0.29, 0.717) is 17.3 Å². The van der Waals surface area contributed by atoms with Crippen LogP contribution in [0.25, 0.3) is 29.0 Å². The van der Waals surface area contributed by atoms with Crippen LogP contribution in [0, 0.1) is 11.3 Å².